The van der Waals surface area contributed by atoms with Crippen molar-refractivity contribution >= 4 is 22.6 Å². The number of fused-ring (bicyclic) bond motifs is 1. The van der Waals surface area contributed by atoms with E-state index in [1.165, 1.54) is 0 Å². The third-order valence-electron chi connectivity index (χ3n) is 2.03. The highest BCUT2D eigenvalue weighted by molar-refractivity contribution is 5.92. The van der Waals surface area contributed by atoms with Gasteiger partial charge in [0.2, 0.25) is 0 Å². The Balaban J connectivity index is 2.32. The molecule has 4 heteroatoms. The number of hydrogen-bond donors (Lipinski definition) is 3. The number of hydrogen-bond acceptors (Lipinski definition) is 2. The molecule has 0 saturated carbocycles. The number of carboxylic acid groups (broad SMARTS) is 1. The first-order valence-corrected chi connectivity index (χ1v) is 4.29. The van der Waals surface area contributed by atoms with Crippen LogP contribution in [0.15, 0.2) is 30.5 Å². The van der Waals surface area contributed by atoms with Gasteiger partial charge in [0.25, 0.3) is 0 Å². The summed E-state index contributed by atoms with van der Waals surface area (Å²) >= 11 is 0. The molecule has 0 fully saturated rings. The van der Waals surface area contributed by atoms with Gasteiger partial charge in [0.1, 0.15) is 6.54 Å². The van der Waals surface area contributed by atoms with Crippen molar-refractivity contribution in [2.45, 2.75) is 0 Å². The molecule has 2 aromatic rings. The van der Waals surface area contributed by atoms with Crippen molar-refractivity contribution in [3.63, 3.8) is 0 Å². The molecule has 1 heterocycles. The quantitative estimate of drug-likeness (QED) is 0.689. The number of carboxylic acids is 1. The molecule has 0 saturated heterocycles. The number of H-pyrrole nitrogens is 1. The molecule has 0 aliphatic carbocycles. The summed E-state index contributed by atoms with van der Waals surface area (Å²) in [6.45, 7) is -0.0652. The first-order valence-electron chi connectivity index (χ1n) is 4.29. The lowest BCUT2D eigenvalue weighted by Gasteiger charge is -2.04. The van der Waals surface area contributed by atoms with Gasteiger partial charge in [0, 0.05) is 22.8 Å². The first kappa shape index (κ1) is 8.62. The monoisotopic (exact) mass is 190 g/mol. The molecule has 2 rings (SSSR count). The molecule has 1 aromatic carbocycles. The SMILES string of the molecule is O=C(O)CNc1cccc2[nH]ccc12. The standard InChI is InChI=1S/C10H10N2O2/c13-10(14)6-12-9-3-1-2-8-7(9)4-5-11-8/h1-5,11-12H,6H2,(H,13,14). The van der Waals surface area contributed by atoms with Gasteiger partial charge < -0.3 is 15.4 Å². The van der Waals surface area contributed by atoms with Gasteiger partial charge in [-0.3, -0.25) is 4.79 Å². The minimum Gasteiger partial charge on any atom is -0.480 e. The van der Waals surface area contributed by atoms with Gasteiger partial charge in [-0.25, -0.2) is 0 Å². The lowest BCUT2D eigenvalue weighted by Crippen LogP contribution is -2.12. The fraction of sp³-hybridized carbons (Fsp3) is 0.100. The second-order valence-corrected chi connectivity index (χ2v) is 2.99. The Labute approximate surface area is 80.6 Å². The van der Waals surface area contributed by atoms with E-state index in [4.69, 9.17) is 5.11 Å². The third-order valence-corrected chi connectivity index (χ3v) is 2.03. The van der Waals surface area contributed by atoms with Gasteiger partial charge in [-0.15, -0.1) is 0 Å². The van der Waals surface area contributed by atoms with Crippen molar-refractivity contribution in [2.24, 2.45) is 0 Å². The second kappa shape index (κ2) is 3.41. The van der Waals surface area contributed by atoms with Crippen LogP contribution in [0, 0.1) is 0 Å². The summed E-state index contributed by atoms with van der Waals surface area (Å²) in [5.41, 5.74) is 1.84. The summed E-state index contributed by atoms with van der Waals surface area (Å²) in [4.78, 5) is 13.4. The fourth-order valence-electron chi connectivity index (χ4n) is 1.41. The fourth-order valence-corrected chi connectivity index (χ4v) is 1.41. The van der Waals surface area contributed by atoms with E-state index in [9.17, 15) is 4.79 Å². The van der Waals surface area contributed by atoms with Crippen LogP contribution in [0.25, 0.3) is 10.9 Å². The van der Waals surface area contributed by atoms with E-state index in [1.807, 2.05) is 30.5 Å². The molecular formula is C10H10N2O2. The Morgan fingerprint density at radius 3 is 3.07 bits per heavy atom. The molecule has 72 valence electrons. The number of nitrogens with one attached hydrogen (secondary N) is 2. The second-order valence-electron chi connectivity index (χ2n) is 2.99. The van der Waals surface area contributed by atoms with Crippen molar-refractivity contribution in [3.8, 4) is 0 Å². The summed E-state index contributed by atoms with van der Waals surface area (Å²) in [7, 11) is 0. The van der Waals surface area contributed by atoms with Gasteiger partial charge in [0.05, 0.1) is 0 Å². The van der Waals surface area contributed by atoms with Crippen molar-refractivity contribution in [3.05, 3.63) is 30.5 Å². The molecule has 0 atom stereocenters. The maximum Gasteiger partial charge on any atom is 0.322 e. The van der Waals surface area contributed by atoms with Crippen LogP contribution in [0.3, 0.4) is 0 Å². The van der Waals surface area contributed by atoms with E-state index in [2.05, 4.69) is 10.3 Å². The molecule has 4 nitrogen and oxygen atoms in total. The van der Waals surface area contributed by atoms with Crippen LogP contribution in [0.2, 0.25) is 0 Å². The zero-order valence-corrected chi connectivity index (χ0v) is 7.45. The van der Waals surface area contributed by atoms with Gasteiger partial charge in [-0.05, 0) is 18.2 Å². The minimum absolute atomic E-state index is 0.0652. The van der Waals surface area contributed by atoms with Crippen molar-refractivity contribution in [2.75, 3.05) is 11.9 Å². The maximum atomic E-state index is 10.4. The Morgan fingerprint density at radius 2 is 2.29 bits per heavy atom. The topological polar surface area (TPSA) is 65.1 Å². The Hall–Kier alpha value is -1.97. The predicted octanol–water partition coefficient (Wildman–Crippen LogP) is 1.66. The van der Waals surface area contributed by atoms with E-state index < -0.39 is 5.97 Å². The van der Waals surface area contributed by atoms with Crippen molar-refractivity contribution < 1.29 is 9.90 Å². The molecule has 1 aromatic heterocycles. The highest BCUT2D eigenvalue weighted by Crippen LogP contribution is 2.21. The zero-order chi connectivity index (χ0) is 9.97. The first-order chi connectivity index (χ1) is 6.77. The Kier molecular flexibility index (Phi) is 2.10. The summed E-state index contributed by atoms with van der Waals surface area (Å²) < 4.78 is 0. The number of rotatable bonds is 3. The predicted molar refractivity (Wildman–Crippen MR) is 54.4 cm³/mol. The van der Waals surface area contributed by atoms with E-state index in [1.54, 1.807) is 0 Å². The molecule has 3 N–H and O–H groups in total. The smallest absolute Gasteiger partial charge is 0.322 e. The van der Waals surface area contributed by atoms with Crippen LogP contribution < -0.4 is 5.32 Å². The normalized spacial score (nSPS) is 10.3. The average molecular weight is 190 g/mol. The van der Waals surface area contributed by atoms with E-state index in [-0.39, 0.29) is 6.54 Å². The Morgan fingerprint density at radius 1 is 1.43 bits per heavy atom. The van der Waals surface area contributed by atoms with Crippen LogP contribution in [-0.4, -0.2) is 22.6 Å². The number of aromatic amines is 1. The molecule has 0 aliphatic heterocycles. The molecule has 0 unspecified atom stereocenters. The zero-order valence-electron chi connectivity index (χ0n) is 7.45. The summed E-state index contributed by atoms with van der Waals surface area (Å²) in [5, 5.41) is 12.4. The maximum absolute atomic E-state index is 10.4. The average Bonchev–Trinajstić information content (AvgIpc) is 2.62. The van der Waals surface area contributed by atoms with Crippen LogP contribution in [0.4, 0.5) is 5.69 Å². The van der Waals surface area contributed by atoms with Gasteiger partial charge in [-0.2, -0.15) is 0 Å². The van der Waals surface area contributed by atoms with Crippen LogP contribution in [0.5, 0.6) is 0 Å². The summed E-state index contributed by atoms with van der Waals surface area (Å²) in [5.74, 6) is -0.863. The molecule has 0 aliphatic rings. The van der Waals surface area contributed by atoms with Crippen LogP contribution >= 0.6 is 0 Å². The number of anilines is 1. The third kappa shape index (κ3) is 1.54. The van der Waals surface area contributed by atoms with Crippen molar-refractivity contribution in [1.82, 2.24) is 4.98 Å². The molecule has 0 amide bonds. The molecule has 14 heavy (non-hydrogen) atoms. The molecule has 0 spiro atoms. The summed E-state index contributed by atoms with van der Waals surface area (Å²) in [6.07, 6.45) is 1.83. The summed E-state index contributed by atoms with van der Waals surface area (Å²) in [6, 6.07) is 7.60. The van der Waals surface area contributed by atoms with Gasteiger partial charge in [0.15, 0.2) is 0 Å². The van der Waals surface area contributed by atoms with E-state index in [0.717, 1.165) is 16.6 Å². The number of aliphatic carboxylic acids is 1. The highest BCUT2D eigenvalue weighted by Gasteiger charge is 2.02. The van der Waals surface area contributed by atoms with Crippen LogP contribution in [0.1, 0.15) is 0 Å². The van der Waals surface area contributed by atoms with Crippen molar-refractivity contribution in [1.29, 1.82) is 0 Å². The van der Waals surface area contributed by atoms with Crippen LogP contribution in [-0.2, 0) is 4.79 Å². The van der Waals surface area contributed by atoms with E-state index in [0.29, 0.717) is 0 Å². The number of aromatic nitrogens is 1. The largest absolute Gasteiger partial charge is 0.480 e. The highest BCUT2D eigenvalue weighted by atomic mass is 16.4. The van der Waals surface area contributed by atoms with Gasteiger partial charge >= 0.3 is 5.97 Å². The van der Waals surface area contributed by atoms with Gasteiger partial charge in [-0.1, -0.05) is 6.07 Å². The lowest BCUT2D eigenvalue weighted by molar-refractivity contribution is -0.134. The lowest BCUT2D eigenvalue weighted by atomic mass is 10.2. The number of carbonyl (C=O) groups is 1. The molecular weight excluding hydrogens is 180 g/mol. The molecule has 0 radical (unpaired) electrons. The minimum atomic E-state index is -0.863. The molecule has 0 bridgehead atoms. The van der Waals surface area contributed by atoms with E-state index >= 15 is 0 Å². The Bertz CT molecular complexity index is 462. The number of benzene rings is 1.